The van der Waals surface area contributed by atoms with E-state index in [1.54, 1.807) is 0 Å². The minimum atomic E-state index is -0.452. The van der Waals surface area contributed by atoms with Gasteiger partial charge in [0.05, 0.1) is 5.54 Å². The molecule has 0 saturated heterocycles. The van der Waals surface area contributed by atoms with Crippen molar-refractivity contribution in [1.29, 1.82) is 0 Å². The lowest BCUT2D eigenvalue weighted by Crippen LogP contribution is -2.45. The van der Waals surface area contributed by atoms with Crippen LogP contribution in [0.25, 0.3) is 0 Å². The third-order valence-electron chi connectivity index (χ3n) is 3.43. The average Bonchev–Trinajstić information content (AvgIpc) is 2.29. The zero-order valence-electron chi connectivity index (χ0n) is 11.6. The largest absolute Gasteiger partial charge is 0.297 e. The fourth-order valence-electron chi connectivity index (χ4n) is 1.67. The standard InChI is InChI=1S/C15H23NO/c1-6-7-12-8-10-13(11-9-12)14(17)15(2,3)16(4)5/h8-11H,6-7H2,1-5H3. The van der Waals surface area contributed by atoms with Crippen LogP contribution in [0, 0.1) is 0 Å². The Bertz CT molecular complexity index is 376. The smallest absolute Gasteiger partial charge is 0.182 e. The second-order valence-electron chi connectivity index (χ2n) is 5.23. The first kappa shape index (κ1) is 13.9. The van der Waals surface area contributed by atoms with Crippen molar-refractivity contribution in [2.24, 2.45) is 0 Å². The van der Waals surface area contributed by atoms with Crippen LogP contribution >= 0.6 is 0 Å². The second kappa shape index (κ2) is 5.46. The molecule has 2 heteroatoms. The van der Waals surface area contributed by atoms with Crippen LogP contribution in [0.5, 0.6) is 0 Å². The Balaban J connectivity index is 2.90. The van der Waals surface area contributed by atoms with Gasteiger partial charge in [0.2, 0.25) is 0 Å². The number of rotatable bonds is 5. The van der Waals surface area contributed by atoms with Crippen molar-refractivity contribution in [3.05, 3.63) is 35.4 Å². The number of ketones is 1. The van der Waals surface area contributed by atoms with E-state index in [1.807, 2.05) is 45.0 Å². The predicted molar refractivity (Wildman–Crippen MR) is 72.5 cm³/mol. The van der Waals surface area contributed by atoms with Crippen LogP contribution in [0.2, 0.25) is 0 Å². The third-order valence-corrected chi connectivity index (χ3v) is 3.43. The molecule has 0 radical (unpaired) electrons. The van der Waals surface area contributed by atoms with Crippen LogP contribution in [0.15, 0.2) is 24.3 Å². The molecule has 0 aromatic heterocycles. The summed E-state index contributed by atoms with van der Waals surface area (Å²) in [6, 6.07) is 8.00. The van der Waals surface area contributed by atoms with Gasteiger partial charge >= 0.3 is 0 Å². The minimum absolute atomic E-state index is 0.172. The van der Waals surface area contributed by atoms with Gasteiger partial charge in [0, 0.05) is 5.56 Å². The molecule has 0 heterocycles. The van der Waals surface area contributed by atoms with E-state index in [9.17, 15) is 4.79 Å². The molecule has 0 aliphatic carbocycles. The Morgan fingerprint density at radius 2 is 1.71 bits per heavy atom. The number of nitrogens with zero attached hydrogens (tertiary/aromatic N) is 1. The monoisotopic (exact) mass is 233 g/mol. The van der Waals surface area contributed by atoms with Crippen LogP contribution in [-0.4, -0.2) is 30.3 Å². The fraction of sp³-hybridized carbons (Fsp3) is 0.533. The summed E-state index contributed by atoms with van der Waals surface area (Å²) >= 11 is 0. The molecule has 0 fully saturated rings. The van der Waals surface area contributed by atoms with E-state index >= 15 is 0 Å². The van der Waals surface area contributed by atoms with E-state index in [1.165, 1.54) is 5.56 Å². The Kier molecular flexibility index (Phi) is 4.47. The van der Waals surface area contributed by atoms with E-state index in [2.05, 4.69) is 19.1 Å². The van der Waals surface area contributed by atoms with Crippen molar-refractivity contribution in [3.63, 3.8) is 0 Å². The third kappa shape index (κ3) is 3.16. The van der Waals surface area contributed by atoms with E-state index in [-0.39, 0.29) is 5.78 Å². The molecule has 0 bridgehead atoms. The molecule has 1 aromatic carbocycles. The molecule has 0 aliphatic rings. The number of likely N-dealkylation sites (N-methyl/N-ethyl adjacent to an activating group) is 1. The van der Waals surface area contributed by atoms with Crippen molar-refractivity contribution < 1.29 is 4.79 Å². The molecule has 17 heavy (non-hydrogen) atoms. The van der Waals surface area contributed by atoms with Crippen LogP contribution in [-0.2, 0) is 6.42 Å². The average molecular weight is 233 g/mol. The van der Waals surface area contributed by atoms with Crippen molar-refractivity contribution >= 4 is 5.78 Å². The zero-order valence-corrected chi connectivity index (χ0v) is 11.6. The van der Waals surface area contributed by atoms with Gasteiger partial charge in [0.25, 0.3) is 0 Å². The summed E-state index contributed by atoms with van der Waals surface area (Å²) in [6.07, 6.45) is 2.21. The number of carbonyl (C=O) groups is 1. The minimum Gasteiger partial charge on any atom is -0.297 e. The molecule has 0 aliphatic heterocycles. The maximum atomic E-state index is 12.3. The lowest BCUT2D eigenvalue weighted by molar-refractivity contribution is 0.0755. The highest BCUT2D eigenvalue weighted by molar-refractivity contribution is 6.02. The van der Waals surface area contributed by atoms with E-state index in [4.69, 9.17) is 0 Å². The first-order valence-electron chi connectivity index (χ1n) is 6.20. The van der Waals surface area contributed by atoms with Gasteiger partial charge in [-0.2, -0.15) is 0 Å². The van der Waals surface area contributed by atoms with Crippen molar-refractivity contribution in [3.8, 4) is 0 Å². The molecular formula is C15H23NO. The number of benzene rings is 1. The number of hydrogen-bond donors (Lipinski definition) is 0. The van der Waals surface area contributed by atoms with Crippen LogP contribution in [0.1, 0.15) is 43.1 Å². The normalized spacial score (nSPS) is 11.9. The summed E-state index contributed by atoms with van der Waals surface area (Å²) in [5.41, 5.74) is 1.64. The predicted octanol–water partition coefficient (Wildman–Crippen LogP) is 3.16. The lowest BCUT2D eigenvalue weighted by Gasteiger charge is -2.30. The van der Waals surface area contributed by atoms with E-state index in [0.717, 1.165) is 18.4 Å². The highest BCUT2D eigenvalue weighted by Gasteiger charge is 2.30. The van der Waals surface area contributed by atoms with Gasteiger partial charge in [0.15, 0.2) is 5.78 Å². The number of hydrogen-bond acceptors (Lipinski definition) is 2. The van der Waals surface area contributed by atoms with Gasteiger partial charge in [-0.25, -0.2) is 0 Å². The number of Topliss-reactive ketones (excluding diaryl/α,β-unsaturated/α-hetero) is 1. The van der Waals surface area contributed by atoms with E-state index in [0.29, 0.717) is 0 Å². The topological polar surface area (TPSA) is 20.3 Å². The van der Waals surface area contributed by atoms with Crippen molar-refractivity contribution in [2.75, 3.05) is 14.1 Å². The van der Waals surface area contributed by atoms with Crippen molar-refractivity contribution in [2.45, 2.75) is 39.2 Å². The zero-order chi connectivity index (χ0) is 13.1. The lowest BCUT2D eigenvalue weighted by atomic mass is 9.91. The van der Waals surface area contributed by atoms with Gasteiger partial charge in [-0.15, -0.1) is 0 Å². The molecule has 2 nitrogen and oxygen atoms in total. The quantitative estimate of drug-likeness (QED) is 0.728. The van der Waals surface area contributed by atoms with Gasteiger partial charge in [-0.05, 0) is 39.9 Å². The van der Waals surface area contributed by atoms with Gasteiger partial charge in [-0.3, -0.25) is 9.69 Å². The Morgan fingerprint density at radius 1 is 1.18 bits per heavy atom. The number of aryl methyl sites for hydroxylation is 1. The molecule has 0 spiro atoms. The fourth-order valence-corrected chi connectivity index (χ4v) is 1.67. The summed E-state index contributed by atoms with van der Waals surface area (Å²) < 4.78 is 0. The molecule has 0 atom stereocenters. The molecule has 1 aromatic rings. The highest BCUT2D eigenvalue weighted by Crippen LogP contribution is 2.18. The molecule has 0 saturated carbocycles. The maximum Gasteiger partial charge on any atom is 0.182 e. The molecule has 0 amide bonds. The molecule has 0 unspecified atom stereocenters. The van der Waals surface area contributed by atoms with Gasteiger partial charge in [0.1, 0.15) is 0 Å². The molecule has 1 rings (SSSR count). The molecular weight excluding hydrogens is 210 g/mol. The molecule has 94 valence electrons. The van der Waals surface area contributed by atoms with Crippen LogP contribution < -0.4 is 0 Å². The van der Waals surface area contributed by atoms with Gasteiger partial charge in [-0.1, -0.05) is 37.6 Å². The Labute approximate surface area is 105 Å². The number of carbonyl (C=O) groups excluding carboxylic acids is 1. The first-order chi connectivity index (χ1) is 7.89. The van der Waals surface area contributed by atoms with Crippen LogP contribution in [0.4, 0.5) is 0 Å². The van der Waals surface area contributed by atoms with Crippen LogP contribution in [0.3, 0.4) is 0 Å². The summed E-state index contributed by atoms with van der Waals surface area (Å²) in [6.45, 7) is 6.07. The van der Waals surface area contributed by atoms with Gasteiger partial charge < -0.3 is 0 Å². The maximum absolute atomic E-state index is 12.3. The Hall–Kier alpha value is -1.15. The highest BCUT2D eigenvalue weighted by atomic mass is 16.1. The summed E-state index contributed by atoms with van der Waals surface area (Å²) in [5.74, 6) is 0.172. The summed E-state index contributed by atoms with van der Waals surface area (Å²) in [5, 5.41) is 0. The second-order valence-corrected chi connectivity index (χ2v) is 5.23. The summed E-state index contributed by atoms with van der Waals surface area (Å²) in [4.78, 5) is 14.3. The molecule has 0 N–H and O–H groups in total. The SMILES string of the molecule is CCCc1ccc(C(=O)C(C)(C)N(C)C)cc1. The Morgan fingerprint density at radius 3 is 2.12 bits per heavy atom. The first-order valence-corrected chi connectivity index (χ1v) is 6.20. The van der Waals surface area contributed by atoms with Crippen molar-refractivity contribution in [1.82, 2.24) is 4.90 Å². The van der Waals surface area contributed by atoms with E-state index < -0.39 is 5.54 Å². The summed E-state index contributed by atoms with van der Waals surface area (Å²) in [7, 11) is 3.87.